The summed E-state index contributed by atoms with van der Waals surface area (Å²) in [5, 5.41) is 0.745. The average Bonchev–Trinajstić information content (AvgIpc) is 2.04. The average molecular weight is 162 g/mol. The van der Waals surface area contributed by atoms with Gasteiger partial charge >= 0.3 is 0 Å². The van der Waals surface area contributed by atoms with Crippen LogP contribution in [0, 0.1) is 12.7 Å². The number of hydrogen-bond donors (Lipinski definition) is 0. The van der Waals surface area contributed by atoms with Crippen LogP contribution in [0.2, 0.25) is 0 Å². The van der Waals surface area contributed by atoms with Crippen LogP contribution in [0.3, 0.4) is 0 Å². The van der Waals surface area contributed by atoms with Gasteiger partial charge in [-0.25, -0.2) is 14.4 Å². The first kappa shape index (κ1) is 7.16. The Morgan fingerprint density at radius 3 is 3.00 bits per heavy atom. The molecule has 0 radical (unpaired) electrons. The lowest BCUT2D eigenvalue weighted by atomic mass is 10.2. The lowest BCUT2D eigenvalue weighted by Crippen LogP contribution is -1.86. The van der Waals surface area contributed by atoms with Crippen LogP contribution in [0.25, 0.3) is 10.9 Å². The number of rotatable bonds is 0. The van der Waals surface area contributed by atoms with Gasteiger partial charge in [0.2, 0.25) is 0 Å². The van der Waals surface area contributed by atoms with E-state index in [0.29, 0.717) is 5.52 Å². The number of hydrogen-bond acceptors (Lipinski definition) is 2. The van der Waals surface area contributed by atoms with Crippen LogP contribution < -0.4 is 0 Å². The molecule has 2 aromatic rings. The van der Waals surface area contributed by atoms with Gasteiger partial charge in [0.05, 0.1) is 0 Å². The molecule has 0 bridgehead atoms. The van der Waals surface area contributed by atoms with Crippen molar-refractivity contribution in [3.05, 3.63) is 36.0 Å². The monoisotopic (exact) mass is 162 g/mol. The number of aromatic nitrogens is 2. The maximum absolute atomic E-state index is 13.2. The second kappa shape index (κ2) is 2.52. The lowest BCUT2D eigenvalue weighted by molar-refractivity contribution is 0.635. The van der Waals surface area contributed by atoms with Crippen LogP contribution >= 0.6 is 0 Å². The summed E-state index contributed by atoms with van der Waals surface area (Å²) in [5.74, 6) is -0.285. The second-order valence-corrected chi connectivity index (χ2v) is 2.71. The number of benzene rings is 1. The van der Waals surface area contributed by atoms with Crippen LogP contribution in [0.5, 0.6) is 0 Å². The third kappa shape index (κ3) is 1.03. The Kier molecular flexibility index (Phi) is 1.50. The fourth-order valence-corrected chi connectivity index (χ4v) is 1.20. The van der Waals surface area contributed by atoms with E-state index in [1.165, 1.54) is 12.4 Å². The molecule has 0 saturated heterocycles. The van der Waals surface area contributed by atoms with E-state index in [-0.39, 0.29) is 5.82 Å². The zero-order chi connectivity index (χ0) is 8.55. The molecule has 0 unspecified atom stereocenters. The molecule has 0 amide bonds. The maximum Gasteiger partial charge on any atom is 0.149 e. The fourth-order valence-electron chi connectivity index (χ4n) is 1.20. The quantitative estimate of drug-likeness (QED) is 0.592. The van der Waals surface area contributed by atoms with Crippen LogP contribution in [0.1, 0.15) is 5.56 Å². The Balaban J connectivity index is 2.89. The molecule has 3 heteroatoms. The molecule has 12 heavy (non-hydrogen) atoms. The fraction of sp³-hybridized carbons (Fsp3) is 0.111. The largest absolute Gasteiger partial charge is 0.244 e. The minimum atomic E-state index is -0.285. The van der Waals surface area contributed by atoms with Crippen LogP contribution in [-0.4, -0.2) is 9.97 Å². The van der Waals surface area contributed by atoms with Gasteiger partial charge < -0.3 is 0 Å². The van der Waals surface area contributed by atoms with Crippen molar-refractivity contribution in [2.75, 3.05) is 0 Å². The van der Waals surface area contributed by atoms with Crippen molar-refractivity contribution in [3.63, 3.8) is 0 Å². The van der Waals surface area contributed by atoms with Gasteiger partial charge in [-0.2, -0.15) is 0 Å². The summed E-state index contributed by atoms with van der Waals surface area (Å²) >= 11 is 0. The topological polar surface area (TPSA) is 25.8 Å². The predicted octanol–water partition coefficient (Wildman–Crippen LogP) is 2.08. The molecule has 1 aromatic heterocycles. The lowest BCUT2D eigenvalue weighted by Gasteiger charge is -1.98. The molecule has 2 rings (SSSR count). The number of nitrogens with zero attached hydrogens (tertiary/aromatic N) is 2. The van der Waals surface area contributed by atoms with E-state index >= 15 is 0 Å². The molecule has 0 aliphatic heterocycles. The Bertz CT molecular complexity index is 426. The van der Waals surface area contributed by atoms with Crippen LogP contribution in [-0.2, 0) is 0 Å². The second-order valence-electron chi connectivity index (χ2n) is 2.71. The van der Waals surface area contributed by atoms with Crippen molar-refractivity contribution >= 4 is 10.9 Å². The van der Waals surface area contributed by atoms with Crippen LogP contribution in [0.15, 0.2) is 24.7 Å². The van der Waals surface area contributed by atoms with E-state index in [2.05, 4.69) is 9.97 Å². The minimum absolute atomic E-state index is 0.285. The molecule has 1 heterocycles. The van der Waals surface area contributed by atoms with Crippen molar-refractivity contribution < 1.29 is 4.39 Å². The third-order valence-electron chi connectivity index (χ3n) is 1.70. The van der Waals surface area contributed by atoms with E-state index in [4.69, 9.17) is 0 Å². The molecular weight excluding hydrogens is 155 g/mol. The maximum atomic E-state index is 13.2. The summed E-state index contributed by atoms with van der Waals surface area (Å²) in [7, 11) is 0. The predicted molar refractivity (Wildman–Crippen MR) is 44.2 cm³/mol. The van der Waals surface area contributed by atoms with E-state index < -0.39 is 0 Å². The number of aryl methyl sites for hydroxylation is 1. The normalized spacial score (nSPS) is 10.5. The molecule has 0 atom stereocenters. The van der Waals surface area contributed by atoms with Gasteiger partial charge in [0, 0.05) is 11.6 Å². The van der Waals surface area contributed by atoms with Crippen LogP contribution in [0.4, 0.5) is 4.39 Å². The molecule has 1 aromatic carbocycles. The highest BCUT2D eigenvalue weighted by molar-refractivity contribution is 5.78. The zero-order valence-corrected chi connectivity index (χ0v) is 6.58. The zero-order valence-electron chi connectivity index (χ0n) is 6.58. The van der Waals surface area contributed by atoms with Crippen molar-refractivity contribution in [3.8, 4) is 0 Å². The van der Waals surface area contributed by atoms with Gasteiger partial charge in [0.1, 0.15) is 17.7 Å². The van der Waals surface area contributed by atoms with Gasteiger partial charge in [-0.15, -0.1) is 0 Å². The molecule has 0 saturated carbocycles. The SMILES string of the molecule is Cc1cc(F)c2ncncc2c1. The summed E-state index contributed by atoms with van der Waals surface area (Å²) in [6.45, 7) is 1.84. The summed E-state index contributed by atoms with van der Waals surface area (Å²) in [6.07, 6.45) is 2.96. The Morgan fingerprint density at radius 1 is 1.33 bits per heavy atom. The summed E-state index contributed by atoms with van der Waals surface area (Å²) in [6, 6.07) is 3.33. The molecule has 0 aliphatic rings. The first-order chi connectivity index (χ1) is 5.77. The van der Waals surface area contributed by atoms with Gasteiger partial charge in [-0.05, 0) is 24.6 Å². The van der Waals surface area contributed by atoms with Crippen molar-refractivity contribution in [1.82, 2.24) is 9.97 Å². The molecule has 0 aliphatic carbocycles. The first-order valence-corrected chi connectivity index (χ1v) is 3.63. The van der Waals surface area contributed by atoms with Crippen molar-refractivity contribution in [2.45, 2.75) is 6.92 Å². The third-order valence-corrected chi connectivity index (χ3v) is 1.70. The number of fused-ring (bicyclic) bond motifs is 1. The molecule has 60 valence electrons. The summed E-state index contributed by atoms with van der Waals surface area (Å²) < 4.78 is 13.2. The minimum Gasteiger partial charge on any atom is -0.244 e. The Labute approximate surface area is 69.1 Å². The van der Waals surface area contributed by atoms with Crippen molar-refractivity contribution in [2.24, 2.45) is 0 Å². The Morgan fingerprint density at radius 2 is 2.17 bits per heavy atom. The van der Waals surface area contributed by atoms with E-state index in [9.17, 15) is 4.39 Å². The van der Waals surface area contributed by atoms with Gasteiger partial charge in [-0.3, -0.25) is 0 Å². The highest BCUT2D eigenvalue weighted by Gasteiger charge is 2.01. The molecule has 0 fully saturated rings. The van der Waals surface area contributed by atoms with E-state index in [1.807, 2.05) is 13.0 Å². The smallest absolute Gasteiger partial charge is 0.149 e. The van der Waals surface area contributed by atoms with Crippen molar-refractivity contribution in [1.29, 1.82) is 0 Å². The molecule has 0 N–H and O–H groups in total. The molecule has 0 spiro atoms. The van der Waals surface area contributed by atoms with Gasteiger partial charge in [0.15, 0.2) is 0 Å². The Hall–Kier alpha value is -1.51. The molecule has 2 nitrogen and oxygen atoms in total. The highest BCUT2D eigenvalue weighted by atomic mass is 19.1. The first-order valence-electron chi connectivity index (χ1n) is 3.63. The standard InChI is InChI=1S/C9H7FN2/c1-6-2-7-4-11-5-12-9(7)8(10)3-6/h2-5H,1H3. The number of halogens is 1. The summed E-state index contributed by atoms with van der Waals surface area (Å²) in [4.78, 5) is 7.65. The van der Waals surface area contributed by atoms with E-state index in [1.54, 1.807) is 6.20 Å². The molecular formula is C9H7FN2. The van der Waals surface area contributed by atoms with Gasteiger partial charge in [0.25, 0.3) is 0 Å². The highest BCUT2D eigenvalue weighted by Crippen LogP contribution is 2.15. The van der Waals surface area contributed by atoms with Gasteiger partial charge in [-0.1, -0.05) is 0 Å². The van der Waals surface area contributed by atoms with E-state index in [0.717, 1.165) is 10.9 Å². The summed E-state index contributed by atoms with van der Waals surface area (Å²) in [5.41, 5.74) is 1.27.